The van der Waals surface area contributed by atoms with Gasteiger partial charge in [-0.05, 0) is 47.9 Å². The van der Waals surface area contributed by atoms with Gasteiger partial charge in [0.1, 0.15) is 0 Å². The maximum absolute atomic E-state index is 12.2. The van der Waals surface area contributed by atoms with Crippen molar-refractivity contribution in [3.63, 3.8) is 0 Å². The number of rotatable bonds is 2. The molecule has 1 aliphatic heterocycles. The first-order valence-electron chi connectivity index (χ1n) is 6.85. The molecule has 0 atom stereocenters. The molecule has 1 heterocycles. The van der Waals surface area contributed by atoms with E-state index in [-0.39, 0.29) is 5.91 Å². The number of hydrogen-bond donors (Lipinski definition) is 1. The molecule has 4 nitrogen and oxygen atoms in total. The number of hydrogen-bond acceptors (Lipinski definition) is 3. The highest BCUT2D eigenvalue weighted by Crippen LogP contribution is 2.30. The summed E-state index contributed by atoms with van der Waals surface area (Å²) in [5, 5.41) is 8.96. The molecule has 0 saturated carbocycles. The van der Waals surface area contributed by atoms with E-state index in [1.165, 1.54) is 0 Å². The van der Waals surface area contributed by atoms with Crippen LogP contribution >= 0.6 is 0 Å². The van der Waals surface area contributed by atoms with Crippen molar-refractivity contribution in [2.45, 2.75) is 19.4 Å². The Morgan fingerprint density at radius 3 is 2.86 bits per heavy atom. The minimum absolute atomic E-state index is 0.106. The van der Waals surface area contributed by atoms with Gasteiger partial charge in [0.05, 0.1) is 18.2 Å². The van der Waals surface area contributed by atoms with Gasteiger partial charge >= 0.3 is 0 Å². The summed E-state index contributed by atoms with van der Waals surface area (Å²) >= 11 is 0. The minimum atomic E-state index is 0.106. The van der Waals surface area contributed by atoms with E-state index in [0.717, 1.165) is 28.9 Å². The fourth-order valence-corrected chi connectivity index (χ4v) is 2.68. The minimum Gasteiger partial charge on any atom is -0.399 e. The summed E-state index contributed by atoms with van der Waals surface area (Å²) in [5.41, 5.74) is 10.1. The van der Waals surface area contributed by atoms with Crippen molar-refractivity contribution < 1.29 is 4.79 Å². The first kappa shape index (κ1) is 13.2. The third-order valence-electron chi connectivity index (χ3n) is 3.70. The van der Waals surface area contributed by atoms with Crippen LogP contribution in [0.15, 0.2) is 42.5 Å². The predicted molar refractivity (Wildman–Crippen MR) is 81.5 cm³/mol. The Balaban J connectivity index is 1.95. The standard InChI is InChI=1S/C17H15N3O/c18-10-12-2-1-3-13(8-12)11-20-16-6-5-15(19)9-14(16)4-7-17(20)21/h1-3,5-6,8-9H,4,7,11,19H2. The van der Waals surface area contributed by atoms with Crippen LogP contribution in [0.5, 0.6) is 0 Å². The van der Waals surface area contributed by atoms with E-state index in [1.54, 1.807) is 11.0 Å². The number of carbonyl (C=O) groups is 1. The van der Waals surface area contributed by atoms with Gasteiger partial charge in [0.15, 0.2) is 0 Å². The van der Waals surface area contributed by atoms with Crippen LogP contribution in [0.1, 0.15) is 23.1 Å². The molecule has 2 N–H and O–H groups in total. The molecule has 3 rings (SSSR count). The second-order valence-electron chi connectivity index (χ2n) is 5.18. The van der Waals surface area contributed by atoms with Crippen LogP contribution in [0, 0.1) is 11.3 Å². The van der Waals surface area contributed by atoms with Crippen LogP contribution in [0.4, 0.5) is 11.4 Å². The zero-order valence-corrected chi connectivity index (χ0v) is 11.5. The fraction of sp³-hybridized carbons (Fsp3) is 0.176. The molecular weight excluding hydrogens is 262 g/mol. The quantitative estimate of drug-likeness (QED) is 0.858. The van der Waals surface area contributed by atoms with Gasteiger partial charge in [0, 0.05) is 17.8 Å². The predicted octanol–water partition coefficient (Wildman–Crippen LogP) is 2.62. The number of nitrogens with zero attached hydrogens (tertiary/aromatic N) is 2. The van der Waals surface area contributed by atoms with Crippen LogP contribution in [-0.4, -0.2) is 5.91 Å². The van der Waals surface area contributed by atoms with E-state index in [9.17, 15) is 4.79 Å². The monoisotopic (exact) mass is 277 g/mol. The number of nitrogens with two attached hydrogens (primary N) is 1. The number of nitrogen functional groups attached to an aromatic ring is 1. The molecule has 4 heteroatoms. The summed E-state index contributed by atoms with van der Waals surface area (Å²) in [4.78, 5) is 14.0. The average molecular weight is 277 g/mol. The Labute approximate surface area is 123 Å². The molecule has 0 unspecified atom stereocenters. The largest absolute Gasteiger partial charge is 0.399 e. The first-order valence-corrected chi connectivity index (χ1v) is 6.85. The van der Waals surface area contributed by atoms with Gasteiger partial charge in [-0.15, -0.1) is 0 Å². The number of fused-ring (bicyclic) bond motifs is 1. The van der Waals surface area contributed by atoms with Crippen LogP contribution in [0.25, 0.3) is 0 Å². The average Bonchev–Trinajstić information content (AvgIpc) is 2.50. The van der Waals surface area contributed by atoms with Crippen LogP contribution in [-0.2, 0) is 17.8 Å². The zero-order chi connectivity index (χ0) is 14.8. The smallest absolute Gasteiger partial charge is 0.227 e. The molecular formula is C17H15N3O. The topological polar surface area (TPSA) is 70.1 Å². The van der Waals surface area contributed by atoms with E-state index in [0.29, 0.717) is 18.5 Å². The Bertz CT molecular complexity index is 746. The molecule has 2 aromatic carbocycles. The molecule has 21 heavy (non-hydrogen) atoms. The number of amides is 1. The molecule has 0 bridgehead atoms. The molecule has 0 aliphatic carbocycles. The van der Waals surface area contributed by atoms with Gasteiger partial charge in [0.25, 0.3) is 0 Å². The van der Waals surface area contributed by atoms with Crippen LogP contribution < -0.4 is 10.6 Å². The maximum atomic E-state index is 12.2. The summed E-state index contributed by atoms with van der Waals surface area (Å²) in [7, 11) is 0. The molecule has 1 aliphatic rings. The highest BCUT2D eigenvalue weighted by molar-refractivity contribution is 5.96. The second kappa shape index (κ2) is 5.29. The Hall–Kier alpha value is -2.80. The number of aryl methyl sites for hydroxylation is 1. The van der Waals surface area contributed by atoms with Crippen molar-refractivity contribution in [3.05, 3.63) is 59.2 Å². The summed E-state index contributed by atoms with van der Waals surface area (Å²) in [6, 6.07) is 15.1. The number of anilines is 2. The van der Waals surface area contributed by atoms with E-state index < -0.39 is 0 Å². The summed E-state index contributed by atoms with van der Waals surface area (Å²) in [6.07, 6.45) is 1.22. The zero-order valence-electron chi connectivity index (χ0n) is 11.5. The van der Waals surface area contributed by atoms with Crippen LogP contribution in [0.3, 0.4) is 0 Å². The molecule has 0 fully saturated rings. The number of carbonyl (C=O) groups excluding carboxylic acids is 1. The second-order valence-corrected chi connectivity index (χ2v) is 5.18. The lowest BCUT2D eigenvalue weighted by atomic mass is 9.99. The molecule has 0 spiro atoms. The van der Waals surface area contributed by atoms with Crippen molar-refractivity contribution >= 4 is 17.3 Å². The fourth-order valence-electron chi connectivity index (χ4n) is 2.68. The Kier molecular flexibility index (Phi) is 3.33. The number of benzene rings is 2. The SMILES string of the molecule is N#Cc1cccc(CN2C(=O)CCc3cc(N)ccc32)c1. The van der Waals surface area contributed by atoms with Crippen molar-refractivity contribution in [1.29, 1.82) is 5.26 Å². The third kappa shape index (κ3) is 2.59. The molecule has 0 radical (unpaired) electrons. The molecule has 0 saturated heterocycles. The Morgan fingerprint density at radius 1 is 1.19 bits per heavy atom. The van der Waals surface area contributed by atoms with E-state index in [4.69, 9.17) is 11.0 Å². The molecule has 0 aromatic heterocycles. The summed E-state index contributed by atoms with van der Waals surface area (Å²) in [6.45, 7) is 0.477. The lowest BCUT2D eigenvalue weighted by Gasteiger charge is -2.29. The van der Waals surface area contributed by atoms with Crippen molar-refractivity contribution in [3.8, 4) is 6.07 Å². The van der Waals surface area contributed by atoms with Gasteiger partial charge < -0.3 is 10.6 Å². The van der Waals surface area contributed by atoms with Crippen LogP contribution in [0.2, 0.25) is 0 Å². The third-order valence-corrected chi connectivity index (χ3v) is 3.70. The van der Waals surface area contributed by atoms with Gasteiger partial charge in [-0.2, -0.15) is 5.26 Å². The highest BCUT2D eigenvalue weighted by Gasteiger charge is 2.24. The van der Waals surface area contributed by atoms with Gasteiger partial charge in [-0.3, -0.25) is 4.79 Å². The number of nitriles is 1. The lowest BCUT2D eigenvalue weighted by molar-refractivity contribution is -0.119. The van der Waals surface area contributed by atoms with E-state index in [2.05, 4.69) is 6.07 Å². The lowest BCUT2D eigenvalue weighted by Crippen LogP contribution is -2.34. The molecule has 104 valence electrons. The van der Waals surface area contributed by atoms with E-state index >= 15 is 0 Å². The Morgan fingerprint density at radius 2 is 2.05 bits per heavy atom. The van der Waals surface area contributed by atoms with Crippen molar-refractivity contribution in [1.82, 2.24) is 0 Å². The molecule has 1 amide bonds. The summed E-state index contributed by atoms with van der Waals surface area (Å²) < 4.78 is 0. The first-order chi connectivity index (χ1) is 10.2. The van der Waals surface area contributed by atoms with Gasteiger partial charge in [-0.25, -0.2) is 0 Å². The molecule has 2 aromatic rings. The van der Waals surface area contributed by atoms with Crippen molar-refractivity contribution in [2.75, 3.05) is 10.6 Å². The highest BCUT2D eigenvalue weighted by atomic mass is 16.2. The summed E-state index contributed by atoms with van der Waals surface area (Å²) in [5.74, 6) is 0.106. The normalized spacial score (nSPS) is 13.7. The maximum Gasteiger partial charge on any atom is 0.227 e. The van der Waals surface area contributed by atoms with E-state index in [1.807, 2.05) is 36.4 Å². The van der Waals surface area contributed by atoms with Gasteiger partial charge in [-0.1, -0.05) is 12.1 Å². The van der Waals surface area contributed by atoms with Crippen molar-refractivity contribution in [2.24, 2.45) is 0 Å². The van der Waals surface area contributed by atoms with Gasteiger partial charge in [0.2, 0.25) is 5.91 Å².